The highest BCUT2D eigenvalue weighted by atomic mass is 16.5. The van der Waals surface area contributed by atoms with Crippen LogP contribution in [0.3, 0.4) is 0 Å². The largest absolute Gasteiger partial charge is 0.378 e. The van der Waals surface area contributed by atoms with Gasteiger partial charge in [0.15, 0.2) is 5.82 Å². The van der Waals surface area contributed by atoms with Crippen LogP contribution in [0, 0.1) is 0 Å². The van der Waals surface area contributed by atoms with Gasteiger partial charge in [-0.1, -0.05) is 6.42 Å². The molecule has 0 radical (unpaired) electrons. The molecular weight excluding hydrogens is 268 g/mol. The fourth-order valence-electron chi connectivity index (χ4n) is 2.98. The van der Waals surface area contributed by atoms with Gasteiger partial charge in [0.1, 0.15) is 5.82 Å². The maximum atomic E-state index is 12.0. The molecule has 0 aromatic carbocycles. The monoisotopic (exact) mass is 292 g/mol. The fourth-order valence-corrected chi connectivity index (χ4v) is 2.98. The van der Waals surface area contributed by atoms with Crippen LogP contribution in [-0.2, 0) is 23.1 Å². The lowest BCUT2D eigenvalue weighted by molar-refractivity contribution is -0.125. The summed E-state index contributed by atoms with van der Waals surface area (Å²) in [6, 6.07) is 0. The zero-order chi connectivity index (χ0) is 14.7. The highest BCUT2D eigenvalue weighted by molar-refractivity contribution is 5.76. The van der Waals surface area contributed by atoms with Gasteiger partial charge >= 0.3 is 0 Å². The van der Waals surface area contributed by atoms with Gasteiger partial charge in [0, 0.05) is 19.6 Å². The Morgan fingerprint density at radius 3 is 2.81 bits per heavy atom. The minimum absolute atomic E-state index is 0.0371. The van der Waals surface area contributed by atoms with E-state index in [0.717, 1.165) is 37.5 Å². The van der Waals surface area contributed by atoms with Crippen LogP contribution in [0.5, 0.6) is 0 Å². The van der Waals surface area contributed by atoms with E-state index >= 15 is 0 Å². The molecule has 2 heterocycles. The molecule has 1 aromatic rings. The van der Waals surface area contributed by atoms with Gasteiger partial charge in [0.05, 0.1) is 19.1 Å². The van der Waals surface area contributed by atoms with Gasteiger partial charge in [-0.25, -0.2) is 0 Å². The number of nitrogens with zero attached hydrogens (tertiary/aromatic N) is 3. The minimum Gasteiger partial charge on any atom is -0.378 e. The van der Waals surface area contributed by atoms with Crippen molar-refractivity contribution in [1.29, 1.82) is 0 Å². The van der Waals surface area contributed by atoms with E-state index in [-0.39, 0.29) is 12.0 Å². The molecule has 1 aliphatic heterocycles. The summed E-state index contributed by atoms with van der Waals surface area (Å²) in [6.07, 6.45) is 7.49. The molecule has 6 heteroatoms. The molecule has 1 saturated carbocycles. The number of hydrogen-bond donors (Lipinski definition) is 1. The van der Waals surface area contributed by atoms with Gasteiger partial charge in [-0.3, -0.25) is 4.79 Å². The highest BCUT2D eigenvalue weighted by Crippen LogP contribution is 2.35. The molecule has 0 unspecified atom stereocenters. The Balaban J connectivity index is 1.48. The van der Waals surface area contributed by atoms with E-state index < -0.39 is 0 Å². The van der Waals surface area contributed by atoms with Gasteiger partial charge in [-0.15, -0.1) is 10.2 Å². The molecule has 1 amide bonds. The second kappa shape index (κ2) is 6.56. The summed E-state index contributed by atoms with van der Waals surface area (Å²) in [5.41, 5.74) is 0. The molecule has 6 nitrogen and oxygen atoms in total. The molecule has 116 valence electrons. The third-order valence-electron chi connectivity index (χ3n) is 4.60. The standard InChI is InChI=1S/C15H24N4O2/c1-19-13(17-18-15(19)11-5-4-6-11)10-16-14(20)9-12-7-2-3-8-21-12/h11-12H,2-10H2,1H3,(H,16,20)/t12-/m0/s1. The molecule has 1 aliphatic carbocycles. The normalized spacial score (nSPS) is 22.8. The van der Waals surface area contributed by atoms with Crippen LogP contribution in [0.4, 0.5) is 0 Å². The summed E-state index contributed by atoms with van der Waals surface area (Å²) in [5.74, 6) is 2.48. The molecule has 2 aliphatic rings. The van der Waals surface area contributed by atoms with E-state index in [4.69, 9.17) is 4.74 Å². The van der Waals surface area contributed by atoms with Gasteiger partial charge in [0.25, 0.3) is 0 Å². The summed E-state index contributed by atoms with van der Waals surface area (Å²) in [7, 11) is 1.99. The molecule has 0 spiro atoms. The topological polar surface area (TPSA) is 69.0 Å². The van der Waals surface area contributed by atoms with E-state index in [1.54, 1.807) is 0 Å². The maximum absolute atomic E-state index is 12.0. The van der Waals surface area contributed by atoms with Gasteiger partial charge in [0.2, 0.25) is 5.91 Å². The number of ether oxygens (including phenoxy) is 1. The lowest BCUT2D eigenvalue weighted by atomic mass is 9.85. The second-order valence-corrected chi connectivity index (χ2v) is 6.13. The van der Waals surface area contributed by atoms with Crippen molar-refractivity contribution in [3.63, 3.8) is 0 Å². The van der Waals surface area contributed by atoms with E-state index in [9.17, 15) is 4.79 Å². The number of rotatable bonds is 5. The highest BCUT2D eigenvalue weighted by Gasteiger charge is 2.25. The molecule has 1 atom stereocenters. The fraction of sp³-hybridized carbons (Fsp3) is 0.800. The number of hydrogen-bond acceptors (Lipinski definition) is 4. The summed E-state index contributed by atoms with van der Waals surface area (Å²) in [5, 5.41) is 11.4. The summed E-state index contributed by atoms with van der Waals surface area (Å²) in [6.45, 7) is 1.23. The predicted octanol–water partition coefficient (Wildman–Crippen LogP) is 1.66. The molecule has 0 bridgehead atoms. The lowest BCUT2D eigenvalue weighted by Crippen LogP contribution is -2.30. The maximum Gasteiger partial charge on any atom is 0.222 e. The Morgan fingerprint density at radius 2 is 2.14 bits per heavy atom. The first-order valence-electron chi connectivity index (χ1n) is 8.00. The molecule has 2 fully saturated rings. The van der Waals surface area contributed by atoms with Crippen molar-refractivity contribution in [2.24, 2.45) is 7.05 Å². The third kappa shape index (κ3) is 3.43. The average molecular weight is 292 g/mol. The van der Waals surface area contributed by atoms with Crippen LogP contribution < -0.4 is 5.32 Å². The average Bonchev–Trinajstić information content (AvgIpc) is 2.78. The summed E-state index contributed by atoms with van der Waals surface area (Å²) >= 11 is 0. The van der Waals surface area contributed by atoms with Gasteiger partial charge < -0.3 is 14.6 Å². The molecular formula is C15H24N4O2. The zero-order valence-corrected chi connectivity index (χ0v) is 12.7. The van der Waals surface area contributed by atoms with Crippen LogP contribution in [0.1, 0.15) is 62.5 Å². The summed E-state index contributed by atoms with van der Waals surface area (Å²) in [4.78, 5) is 12.0. The number of carbonyl (C=O) groups is 1. The number of amides is 1. The van der Waals surface area contributed by atoms with Crippen LogP contribution in [0.25, 0.3) is 0 Å². The molecule has 1 N–H and O–H groups in total. The predicted molar refractivity (Wildman–Crippen MR) is 77.6 cm³/mol. The van der Waals surface area contributed by atoms with E-state index in [0.29, 0.717) is 18.9 Å². The first-order valence-corrected chi connectivity index (χ1v) is 8.00. The van der Waals surface area contributed by atoms with E-state index in [1.807, 2.05) is 11.6 Å². The van der Waals surface area contributed by atoms with Crippen LogP contribution in [0.2, 0.25) is 0 Å². The molecule has 21 heavy (non-hydrogen) atoms. The van der Waals surface area contributed by atoms with Crippen molar-refractivity contribution in [2.75, 3.05) is 6.61 Å². The minimum atomic E-state index is 0.0371. The van der Waals surface area contributed by atoms with Crippen molar-refractivity contribution in [3.8, 4) is 0 Å². The summed E-state index contributed by atoms with van der Waals surface area (Å²) < 4.78 is 7.62. The molecule has 1 aromatic heterocycles. The van der Waals surface area contributed by atoms with Crippen LogP contribution >= 0.6 is 0 Å². The number of carbonyl (C=O) groups excluding carboxylic acids is 1. The van der Waals surface area contributed by atoms with E-state index in [2.05, 4.69) is 15.5 Å². The number of nitrogens with one attached hydrogen (secondary N) is 1. The van der Waals surface area contributed by atoms with Gasteiger partial charge in [-0.05, 0) is 32.1 Å². The van der Waals surface area contributed by atoms with Crippen molar-refractivity contribution in [1.82, 2.24) is 20.1 Å². The van der Waals surface area contributed by atoms with Gasteiger partial charge in [-0.2, -0.15) is 0 Å². The lowest BCUT2D eigenvalue weighted by Gasteiger charge is -2.24. The van der Waals surface area contributed by atoms with Crippen LogP contribution in [-0.4, -0.2) is 33.4 Å². The Hall–Kier alpha value is -1.43. The SMILES string of the molecule is Cn1c(CNC(=O)C[C@@H]2CCCCO2)nnc1C1CCC1. The van der Waals surface area contributed by atoms with Crippen molar-refractivity contribution >= 4 is 5.91 Å². The van der Waals surface area contributed by atoms with Crippen molar-refractivity contribution in [3.05, 3.63) is 11.6 Å². The smallest absolute Gasteiger partial charge is 0.222 e. The Bertz CT molecular complexity index is 490. The molecule has 1 saturated heterocycles. The zero-order valence-electron chi connectivity index (χ0n) is 12.7. The Labute approximate surface area is 125 Å². The first-order chi connectivity index (χ1) is 10.2. The third-order valence-corrected chi connectivity index (χ3v) is 4.60. The van der Waals surface area contributed by atoms with Crippen molar-refractivity contribution < 1.29 is 9.53 Å². The molecule has 3 rings (SSSR count). The quantitative estimate of drug-likeness (QED) is 0.896. The Kier molecular flexibility index (Phi) is 4.53. The number of aromatic nitrogens is 3. The second-order valence-electron chi connectivity index (χ2n) is 6.13. The van der Waals surface area contributed by atoms with E-state index in [1.165, 1.54) is 19.3 Å². The van der Waals surface area contributed by atoms with Crippen LogP contribution in [0.15, 0.2) is 0 Å². The Morgan fingerprint density at radius 1 is 1.29 bits per heavy atom. The van der Waals surface area contributed by atoms with Crippen molar-refractivity contribution in [2.45, 2.75) is 63.5 Å². The first kappa shape index (κ1) is 14.5.